The Morgan fingerprint density at radius 2 is 1.88 bits per heavy atom. The molecule has 0 spiro atoms. The highest BCUT2D eigenvalue weighted by Gasteiger charge is 2.24. The average molecular weight is 243 g/mol. The van der Waals surface area contributed by atoms with Crippen LogP contribution in [0.3, 0.4) is 0 Å². The normalized spacial score (nSPS) is 26.3. The summed E-state index contributed by atoms with van der Waals surface area (Å²) in [7, 11) is 0. The molecule has 1 N–H and O–H groups in total. The number of ether oxygens (including phenoxy) is 1. The van der Waals surface area contributed by atoms with Crippen LogP contribution in [0.25, 0.3) is 0 Å². The third-order valence-electron chi connectivity index (χ3n) is 3.64. The zero-order valence-electron chi connectivity index (χ0n) is 11.5. The molecule has 102 valence electrons. The molecule has 0 aromatic carbocycles. The fraction of sp³-hybridized carbons (Fsp3) is 1.00. The summed E-state index contributed by atoms with van der Waals surface area (Å²) in [5.74, 6) is 0. The summed E-state index contributed by atoms with van der Waals surface area (Å²) < 4.78 is 5.54. The molecule has 1 aliphatic heterocycles. The van der Waals surface area contributed by atoms with Gasteiger partial charge in [-0.15, -0.1) is 0 Å². The van der Waals surface area contributed by atoms with E-state index in [1.807, 2.05) is 0 Å². The Bertz CT molecular complexity index is 187. The van der Waals surface area contributed by atoms with E-state index < -0.39 is 0 Å². The summed E-state index contributed by atoms with van der Waals surface area (Å²) in [5, 5.41) is 9.11. The number of aliphatic hydroxyl groups excluding tert-OH is 1. The summed E-state index contributed by atoms with van der Waals surface area (Å²) >= 11 is 0. The smallest absolute Gasteiger partial charge is 0.0933 e. The Labute approximate surface area is 106 Å². The summed E-state index contributed by atoms with van der Waals surface area (Å²) in [6.45, 7) is 7.44. The number of hydrogen-bond donors (Lipinski definition) is 1. The first-order valence-electron chi connectivity index (χ1n) is 7.24. The predicted molar refractivity (Wildman–Crippen MR) is 71.2 cm³/mol. The van der Waals surface area contributed by atoms with Gasteiger partial charge < -0.3 is 9.84 Å². The molecule has 0 aromatic rings. The van der Waals surface area contributed by atoms with E-state index in [1.54, 1.807) is 0 Å². The Hall–Kier alpha value is -0.120. The molecule has 1 aliphatic rings. The van der Waals surface area contributed by atoms with Gasteiger partial charge in [0.1, 0.15) is 0 Å². The predicted octanol–water partition coefficient (Wildman–Crippen LogP) is 2.43. The third kappa shape index (κ3) is 5.84. The van der Waals surface area contributed by atoms with E-state index in [0.717, 1.165) is 19.7 Å². The van der Waals surface area contributed by atoms with Crippen LogP contribution in [0, 0.1) is 0 Å². The Kier molecular flexibility index (Phi) is 7.82. The van der Waals surface area contributed by atoms with Gasteiger partial charge in [-0.1, -0.05) is 39.0 Å². The molecule has 17 heavy (non-hydrogen) atoms. The maximum atomic E-state index is 9.11. The van der Waals surface area contributed by atoms with E-state index in [9.17, 15) is 0 Å². The number of morpholine rings is 1. The molecule has 3 nitrogen and oxygen atoms in total. The van der Waals surface area contributed by atoms with Crippen molar-refractivity contribution in [3.63, 3.8) is 0 Å². The van der Waals surface area contributed by atoms with Crippen LogP contribution in [0.2, 0.25) is 0 Å². The zero-order valence-corrected chi connectivity index (χ0v) is 11.5. The molecule has 0 bridgehead atoms. The summed E-state index contributed by atoms with van der Waals surface area (Å²) in [4.78, 5) is 2.46. The molecule has 1 saturated heterocycles. The van der Waals surface area contributed by atoms with E-state index in [2.05, 4.69) is 18.7 Å². The van der Waals surface area contributed by atoms with Crippen molar-refractivity contribution in [2.24, 2.45) is 0 Å². The lowest BCUT2D eigenvalue weighted by Gasteiger charge is -2.37. The molecule has 0 saturated carbocycles. The van der Waals surface area contributed by atoms with Crippen LogP contribution in [0.5, 0.6) is 0 Å². The van der Waals surface area contributed by atoms with Gasteiger partial charge in [-0.05, 0) is 19.9 Å². The first kappa shape index (κ1) is 14.9. The van der Waals surface area contributed by atoms with Gasteiger partial charge in [0.15, 0.2) is 0 Å². The second-order valence-corrected chi connectivity index (χ2v) is 5.25. The second kappa shape index (κ2) is 8.90. The van der Waals surface area contributed by atoms with Gasteiger partial charge in [0.2, 0.25) is 0 Å². The lowest BCUT2D eigenvalue weighted by molar-refractivity contribution is -0.0779. The quantitative estimate of drug-likeness (QED) is 0.665. The minimum absolute atomic E-state index is 0.0336. The lowest BCUT2D eigenvalue weighted by atomic mass is 10.1. The van der Waals surface area contributed by atoms with Crippen molar-refractivity contribution >= 4 is 0 Å². The standard InChI is InChI=1S/C14H29NO2/c1-3-4-5-6-7-8-9-15-10-14(11-16)17-12-13(15)2/h13-14,16H,3-12H2,1-2H3. The van der Waals surface area contributed by atoms with Gasteiger partial charge in [-0.3, -0.25) is 4.90 Å². The SMILES string of the molecule is CCCCCCCCN1CC(CO)OCC1C. The van der Waals surface area contributed by atoms with E-state index in [-0.39, 0.29) is 12.7 Å². The van der Waals surface area contributed by atoms with Gasteiger partial charge >= 0.3 is 0 Å². The number of nitrogens with zero attached hydrogens (tertiary/aromatic N) is 1. The molecular weight excluding hydrogens is 214 g/mol. The zero-order chi connectivity index (χ0) is 12.5. The monoisotopic (exact) mass is 243 g/mol. The highest BCUT2D eigenvalue weighted by molar-refractivity contribution is 4.76. The maximum absolute atomic E-state index is 9.11. The lowest BCUT2D eigenvalue weighted by Crippen LogP contribution is -2.49. The number of unbranched alkanes of at least 4 members (excludes halogenated alkanes) is 5. The first-order valence-corrected chi connectivity index (χ1v) is 7.24. The average Bonchev–Trinajstić information content (AvgIpc) is 2.35. The number of hydrogen-bond acceptors (Lipinski definition) is 3. The summed E-state index contributed by atoms with van der Waals surface area (Å²) in [5.41, 5.74) is 0. The summed E-state index contributed by atoms with van der Waals surface area (Å²) in [6, 6.07) is 0.508. The van der Waals surface area contributed by atoms with E-state index >= 15 is 0 Å². The van der Waals surface area contributed by atoms with Crippen LogP contribution in [-0.4, -0.2) is 48.5 Å². The fourth-order valence-corrected chi connectivity index (χ4v) is 2.39. The largest absolute Gasteiger partial charge is 0.394 e. The van der Waals surface area contributed by atoms with Crippen LogP contribution in [0.4, 0.5) is 0 Å². The molecule has 1 heterocycles. The Morgan fingerprint density at radius 3 is 2.59 bits per heavy atom. The van der Waals surface area contributed by atoms with Crippen molar-refractivity contribution in [1.82, 2.24) is 4.90 Å². The molecule has 1 rings (SSSR count). The van der Waals surface area contributed by atoms with Crippen LogP contribution in [-0.2, 0) is 4.74 Å². The number of rotatable bonds is 8. The minimum Gasteiger partial charge on any atom is -0.394 e. The van der Waals surface area contributed by atoms with Gasteiger partial charge in [-0.25, -0.2) is 0 Å². The van der Waals surface area contributed by atoms with Crippen LogP contribution in [0.15, 0.2) is 0 Å². The third-order valence-corrected chi connectivity index (χ3v) is 3.64. The molecule has 1 fully saturated rings. The Morgan fingerprint density at radius 1 is 1.18 bits per heavy atom. The molecule has 2 atom stereocenters. The minimum atomic E-state index is 0.0336. The molecule has 0 radical (unpaired) electrons. The molecular formula is C14H29NO2. The topological polar surface area (TPSA) is 32.7 Å². The van der Waals surface area contributed by atoms with Crippen LogP contribution >= 0.6 is 0 Å². The van der Waals surface area contributed by atoms with Crippen molar-refractivity contribution in [2.45, 2.75) is 64.5 Å². The van der Waals surface area contributed by atoms with Gasteiger partial charge in [0.25, 0.3) is 0 Å². The van der Waals surface area contributed by atoms with E-state index in [1.165, 1.54) is 38.5 Å². The second-order valence-electron chi connectivity index (χ2n) is 5.25. The number of aliphatic hydroxyl groups is 1. The van der Waals surface area contributed by atoms with Gasteiger partial charge in [-0.2, -0.15) is 0 Å². The molecule has 2 unspecified atom stereocenters. The first-order chi connectivity index (χ1) is 8.27. The van der Waals surface area contributed by atoms with Crippen molar-refractivity contribution in [3.8, 4) is 0 Å². The Balaban J connectivity index is 2.07. The maximum Gasteiger partial charge on any atom is 0.0933 e. The highest BCUT2D eigenvalue weighted by Crippen LogP contribution is 2.13. The van der Waals surface area contributed by atoms with E-state index in [4.69, 9.17) is 9.84 Å². The molecule has 0 aliphatic carbocycles. The van der Waals surface area contributed by atoms with E-state index in [0.29, 0.717) is 6.04 Å². The van der Waals surface area contributed by atoms with Crippen LogP contribution < -0.4 is 0 Å². The molecule has 0 amide bonds. The molecule has 0 aromatic heterocycles. The van der Waals surface area contributed by atoms with Crippen molar-refractivity contribution in [2.75, 3.05) is 26.3 Å². The molecule has 3 heteroatoms. The van der Waals surface area contributed by atoms with Gasteiger partial charge in [0, 0.05) is 12.6 Å². The van der Waals surface area contributed by atoms with Crippen LogP contribution in [0.1, 0.15) is 52.4 Å². The highest BCUT2D eigenvalue weighted by atomic mass is 16.5. The van der Waals surface area contributed by atoms with Crippen molar-refractivity contribution in [3.05, 3.63) is 0 Å². The van der Waals surface area contributed by atoms with Crippen molar-refractivity contribution < 1.29 is 9.84 Å². The van der Waals surface area contributed by atoms with Gasteiger partial charge in [0.05, 0.1) is 19.3 Å². The van der Waals surface area contributed by atoms with Crippen molar-refractivity contribution in [1.29, 1.82) is 0 Å². The fourth-order valence-electron chi connectivity index (χ4n) is 2.39. The summed E-state index contributed by atoms with van der Waals surface area (Å²) in [6.07, 6.45) is 8.11.